The molecule has 0 aromatic carbocycles. The second-order valence-electron chi connectivity index (χ2n) is 7.19. The molecule has 0 aromatic rings. The minimum absolute atomic E-state index is 0.366. The minimum atomic E-state index is -2.24. The van der Waals surface area contributed by atoms with Crippen LogP contribution >= 0.6 is 0 Å². The van der Waals surface area contributed by atoms with E-state index in [1.807, 2.05) is 6.92 Å². The fraction of sp³-hybridized carbons (Fsp3) is 0.750. The molecule has 0 unspecified atom stereocenters. The van der Waals surface area contributed by atoms with Gasteiger partial charge in [0.05, 0.1) is 0 Å². The number of rotatable bonds is 10. The number of hydrogen-bond acceptors (Lipinski definition) is 1. The van der Waals surface area contributed by atoms with Crippen LogP contribution < -0.4 is 0 Å². The van der Waals surface area contributed by atoms with Crippen molar-refractivity contribution >= 4 is 24.2 Å². The molecule has 0 saturated carbocycles. The Balaban J connectivity index is 3.07. The van der Waals surface area contributed by atoms with Crippen molar-refractivity contribution in [3.63, 3.8) is 0 Å². The summed E-state index contributed by atoms with van der Waals surface area (Å²) in [7, 11) is 0. The van der Waals surface area contributed by atoms with Gasteiger partial charge in [-0.3, -0.25) is 0 Å². The molecular formula is C20H36OSn. The van der Waals surface area contributed by atoms with Crippen LogP contribution in [0.25, 0.3) is 0 Å². The Hall–Kier alpha value is -0.0513. The summed E-state index contributed by atoms with van der Waals surface area (Å²) in [6.45, 7) is 11.1. The topological polar surface area (TPSA) is 17.1 Å². The Bertz CT molecular complexity index is 409. The molecule has 1 aliphatic carbocycles. The van der Waals surface area contributed by atoms with E-state index in [4.69, 9.17) is 0 Å². The van der Waals surface area contributed by atoms with E-state index < -0.39 is 18.4 Å². The first-order valence-corrected chi connectivity index (χ1v) is 17.1. The van der Waals surface area contributed by atoms with Crippen LogP contribution in [0.3, 0.4) is 0 Å². The summed E-state index contributed by atoms with van der Waals surface area (Å²) in [4.78, 5) is 12.0. The Kier molecular flexibility index (Phi) is 9.04. The van der Waals surface area contributed by atoms with Crippen molar-refractivity contribution in [2.24, 2.45) is 0 Å². The summed E-state index contributed by atoms with van der Waals surface area (Å²) in [5.74, 6) is 0.366. The molecule has 126 valence electrons. The summed E-state index contributed by atoms with van der Waals surface area (Å²) in [5, 5.41) is 0. The number of carbonyl (C=O) groups is 1. The van der Waals surface area contributed by atoms with Gasteiger partial charge in [0.15, 0.2) is 0 Å². The molecule has 0 radical (unpaired) electrons. The van der Waals surface area contributed by atoms with Crippen LogP contribution in [0.2, 0.25) is 13.3 Å². The van der Waals surface area contributed by atoms with Crippen molar-refractivity contribution in [3.8, 4) is 0 Å². The summed E-state index contributed by atoms with van der Waals surface area (Å²) in [6.07, 6.45) is 8.81. The number of ketones is 1. The molecule has 1 nitrogen and oxygen atoms in total. The first kappa shape index (κ1) is 20.0. The zero-order valence-corrected chi connectivity index (χ0v) is 18.4. The molecular weight excluding hydrogens is 375 g/mol. The summed E-state index contributed by atoms with van der Waals surface area (Å²) < 4.78 is 7.22. The average molecular weight is 411 g/mol. The normalized spacial score (nSPS) is 17.9. The van der Waals surface area contributed by atoms with Crippen LogP contribution in [0.1, 0.15) is 79.6 Å². The van der Waals surface area contributed by atoms with E-state index >= 15 is 0 Å². The number of carbonyl (C=O) groups excluding carboxylic acids is 1. The van der Waals surface area contributed by atoms with E-state index in [-0.39, 0.29) is 0 Å². The van der Waals surface area contributed by atoms with Crippen molar-refractivity contribution in [2.75, 3.05) is 0 Å². The molecule has 0 aliphatic heterocycles. The third kappa shape index (κ3) is 5.54. The van der Waals surface area contributed by atoms with E-state index in [0.29, 0.717) is 12.2 Å². The zero-order chi connectivity index (χ0) is 16.6. The van der Waals surface area contributed by atoms with E-state index in [1.54, 1.807) is 0 Å². The van der Waals surface area contributed by atoms with Gasteiger partial charge in [-0.15, -0.1) is 0 Å². The van der Waals surface area contributed by atoms with Crippen molar-refractivity contribution in [2.45, 2.75) is 92.9 Å². The van der Waals surface area contributed by atoms with Gasteiger partial charge in [-0.1, -0.05) is 0 Å². The van der Waals surface area contributed by atoms with Gasteiger partial charge < -0.3 is 0 Å². The summed E-state index contributed by atoms with van der Waals surface area (Å²) >= 11 is -2.24. The molecule has 2 heteroatoms. The van der Waals surface area contributed by atoms with Crippen molar-refractivity contribution in [1.29, 1.82) is 0 Å². The first-order valence-electron chi connectivity index (χ1n) is 9.42. The summed E-state index contributed by atoms with van der Waals surface area (Å²) in [5.41, 5.74) is 3.74. The molecule has 0 aromatic heterocycles. The quantitative estimate of drug-likeness (QED) is 0.370. The Labute approximate surface area is 142 Å². The van der Waals surface area contributed by atoms with Crippen LogP contribution in [0.15, 0.2) is 20.8 Å². The molecule has 0 saturated heterocycles. The van der Waals surface area contributed by atoms with E-state index in [1.165, 1.54) is 63.0 Å². The molecule has 0 fully saturated rings. The molecule has 0 heterocycles. The third-order valence-electron chi connectivity index (χ3n) is 5.38. The Morgan fingerprint density at radius 2 is 1.32 bits per heavy atom. The van der Waals surface area contributed by atoms with Crippen molar-refractivity contribution < 1.29 is 4.79 Å². The van der Waals surface area contributed by atoms with Gasteiger partial charge in [0.25, 0.3) is 0 Å². The van der Waals surface area contributed by atoms with Crippen LogP contribution in [0.5, 0.6) is 0 Å². The van der Waals surface area contributed by atoms with E-state index in [0.717, 1.165) is 5.57 Å². The van der Waals surface area contributed by atoms with Crippen molar-refractivity contribution in [3.05, 3.63) is 20.8 Å². The first-order chi connectivity index (χ1) is 10.5. The van der Waals surface area contributed by atoms with Gasteiger partial charge in [-0.25, -0.2) is 0 Å². The standard InChI is InChI=1S/C8H9O.3C4H9.Sn/c1-5-4-8(9)7(3)6(5)2;3*1-3-4-2;/h1H,4H2,2-3H3;3*1,3-4H2,2H3;. The molecule has 0 amide bonds. The van der Waals surface area contributed by atoms with Crippen molar-refractivity contribution in [1.82, 2.24) is 0 Å². The predicted octanol–water partition coefficient (Wildman–Crippen LogP) is 6.61. The van der Waals surface area contributed by atoms with Gasteiger partial charge in [-0.05, 0) is 0 Å². The summed E-state index contributed by atoms with van der Waals surface area (Å²) in [6, 6.07) is 0. The monoisotopic (exact) mass is 412 g/mol. The fourth-order valence-corrected chi connectivity index (χ4v) is 19.0. The average Bonchev–Trinajstić information content (AvgIpc) is 2.75. The van der Waals surface area contributed by atoms with Crippen LogP contribution in [0.4, 0.5) is 0 Å². The van der Waals surface area contributed by atoms with E-state index in [2.05, 4.69) is 31.8 Å². The van der Waals surface area contributed by atoms with Gasteiger partial charge in [-0.2, -0.15) is 0 Å². The van der Waals surface area contributed by atoms with Crippen LogP contribution in [-0.4, -0.2) is 24.2 Å². The number of hydrogen-bond donors (Lipinski definition) is 0. The molecule has 1 rings (SSSR count). The van der Waals surface area contributed by atoms with Gasteiger partial charge in [0, 0.05) is 0 Å². The molecule has 0 atom stereocenters. The molecule has 22 heavy (non-hydrogen) atoms. The van der Waals surface area contributed by atoms with Crippen LogP contribution in [-0.2, 0) is 4.79 Å². The molecule has 0 spiro atoms. The second kappa shape index (κ2) is 9.95. The maximum atomic E-state index is 12.0. The SMILES string of the molecule is CCC[CH2][Sn](/[CH]=C1\CC(=O)C(C)=C1C)([CH2]CCC)[CH2]CCC. The second-order valence-corrected chi connectivity index (χ2v) is 20.1. The van der Waals surface area contributed by atoms with Crippen LogP contribution in [0, 0.1) is 0 Å². The molecule has 0 bridgehead atoms. The third-order valence-corrected chi connectivity index (χ3v) is 19.7. The van der Waals surface area contributed by atoms with Gasteiger partial charge >= 0.3 is 143 Å². The Morgan fingerprint density at radius 1 is 0.864 bits per heavy atom. The van der Waals surface area contributed by atoms with E-state index in [9.17, 15) is 4.79 Å². The zero-order valence-electron chi connectivity index (χ0n) is 15.6. The maximum absolute atomic E-state index is 12.0. The predicted molar refractivity (Wildman–Crippen MR) is 101 cm³/mol. The Morgan fingerprint density at radius 3 is 1.64 bits per heavy atom. The number of allylic oxidation sites excluding steroid dienone is 3. The number of unbranched alkanes of at least 4 members (excludes halogenated alkanes) is 3. The number of Topliss-reactive ketones (excluding diaryl/α,β-unsaturated/α-hetero) is 1. The molecule has 0 N–H and O–H groups in total. The van der Waals surface area contributed by atoms with Gasteiger partial charge in [0.2, 0.25) is 0 Å². The fourth-order valence-electron chi connectivity index (χ4n) is 3.60. The van der Waals surface area contributed by atoms with Gasteiger partial charge in [0.1, 0.15) is 0 Å². The molecule has 1 aliphatic rings.